The molecule has 2 N–H and O–H groups in total. The minimum Gasteiger partial charge on any atom is -0.467 e. The van der Waals surface area contributed by atoms with E-state index in [1.807, 2.05) is 31.3 Å². The Morgan fingerprint density at radius 3 is 2.88 bits per heavy atom. The molecule has 4 heteroatoms. The van der Waals surface area contributed by atoms with E-state index >= 15 is 0 Å². The number of nitrogen functional groups attached to an aromatic ring is 1. The van der Waals surface area contributed by atoms with Gasteiger partial charge in [0.15, 0.2) is 5.82 Å². The van der Waals surface area contributed by atoms with Crippen molar-refractivity contribution >= 4 is 11.5 Å². The molecule has 0 spiro atoms. The number of aryl methyl sites for hydroxylation is 1. The number of nitrogens with two attached hydrogens (primary N) is 1. The van der Waals surface area contributed by atoms with Crippen LogP contribution in [0.1, 0.15) is 18.2 Å². The highest BCUT2D eigenvalue weighted by Crippen LogP contribution is 2.22. The van der Waals surface area contributed by atoms with Gasteiger partial charge in [-0.2, -0.15) is 0 Å². The Bertz CT molecular complexity index is 479. The number of pyridine rings is 1. The van der Waals surface area contributed by atoms with Crippen molar-refractivity contribution < 1.29 is 4.42 Å². The van der Waals surface area contributed by atoms with Crippen LogP contribution in [0.5, 0.6) is 0 Å². The van der Waals surface area contributed by atoms with Crippen LogP contribution in [0, 0.1) is 6.92 Å². The molecular weight excluding hydrogens is 214 g/mol. The van der Waals surface area contributed by atoms with Crippen molar-refractivity contribution in [2.75, 3.05) is 17.2 Å². The SMILES string of the molecule is CCN(Cc1ccco1)c1ncc(C)cc1N. The molecule has 2 aromatic heterocycles. The summed E-state index contributed by atoms with van der Waals surface area (Å²) in [5.41, 5.74) is 7.77. The van der Waals surface area contributed by atoms with Gasteiger partial charge in [-0.25, -0.2) is 4.98 Å². The number of hydrogen-bond acceptors (Lipinski definition) is 4. The van der Waals surface area contributed by atoms with Crippen LogP contribution in [0.3, 0.4) is 0 Å². The summed E-state index contributed by atoms with van der Waals surface area (Å²) in [6, 6.07) is 5.77. The number of hydrogen-bond donors (Lipinski definition) is 1. The fraction of sp³-hybridized carbons (Fsp3) is 0.308. The number of aromatic nitrogens is 1. The molecule has 90 valence electrons. The molecule has 2 heterocycles. The number of furan rings is 1. The topological polar surface area (TPSA) is 55.3 Å². The van der Waals surface area contributed by atoms with Gasteiger partial charge in [-0.1, -0.05) is 0 Å². The molecule has 0 atom stereocenters. The lowest BCUT2D eigenvalue weighted by atomic mass is 10.2. The fourth-order valence-electron chi connectivity index (χ4n) is 1.78. The van der Waals surface area contributed by atoms with Crippen molar-refractivity contribution in [2.24, 2.45) is 0 Å². The second-order valence-corrected chi connectivity index (χ2v) is 4.02. The van der Waals surface area contributed by atoms with Gasteiger partial charge in [0.2, 0.25) is 0 Å². The van der Waals surface area contributed by atoms with Gasteiger partial charge in [0.25, 0.3) is 0 Å². The molecular formula is C13H17N3O. The standard InChI is InChI=1S/C13H17N3O/c1-3-16(9-11-5-4-6-17-11)13-12(14)7-10(2)8-15-13/h4-8H,3,9,14H2,1-2H3. The Kier molecular flexibility index (Phi) is 3.32. The summed E-state index contributed by atoms with van der Waals surface area (Å²) in [5, 5.41) is 0. The van der Waals surface area contributed by atoms with Crippen LogP contribution in [0.4, 0.5) is 11.5 Å². The predicted molar refractivity (Wildman–Crippen MR) is 68.8 cm³/mol. The number of rotatable bonds is 4. The van der Waals surface area contributed by atoms with Gasteiger partial charge in [-0.15, -0.1) is 0 Å². The van der Waals surface area contributed by atoms with E-state index in [1.165, 1.54) is 0 Å². The molecule has 2 rings (SSSR count). The molecule has 0 aliphatic rings. The minimum absolute atomic E-state index is 0.684. The maximum atomic E-state index is 5.99. The quantitative estimate of drug-likeness (QED) is 0.878. The first-order valence-electron chi connectivity index (χ1n) is 5.70. The first-order chi connectivity index (χ1) is 8.20. The second-order valence-electron chi connectivity index (χ2n) is 4.02. The predicted octanol–water partition coefficient (Wildman–Crippen LogP) is 2.59. The van der Waals surface area contributed by atoms with E-state index in [-0.39, 0.29) is 0 Å². The van der Waals surface area contributed by atoms with Gasteiger partial charge >= 0.3 is 0 Å². The molecule has 0 amide bonds. The molecule has 0 fully saturated rings. The lowest BCUT2D eigenvalue weighted by Gasteiger charge is -2.22. The molecule has 0 saturated heterocycles. The highest BCUT2D eigenvalue weighted by atomic mass is 16.3. The Morgan fingerprint density at radius 1 is 1.47 bits per heavy atom. The molecule has 0 bridgehead atoms. The summed E-state index contributed by atoms with van der Waals surface area (Å²) >= 11 is 0. The molecule has 0 unspecified atom stereocenters. The van der Waals surface area contributed by atoms with Crippen molar-refractivity contribution in [1.82, 2.24) is 4.98 Å². The van der Waals surface area contributed by atoms with E-state index < -0.39 is 0 Å². The van der Waals surface area contributed by atoms with Crippen molar-refractivity contribution in [2.45, 2.75) is 20.4 Å². The van der Waals surface area contributed by atoms with Gasteiger partial charge in [0, 0.05) is 12.7 Å². The number of nitrogens with zero attached hydrogens (tertiary/aromatic N) is 2. The number of anilines is 2. The summed E-state index contributed by atoms with van der Waals surface area (Å²) in [5.74, 6) is 1.73. The Morgan fingerprint density at radius 2 is 2.29 bits per heavy atom. The first kappa shape index (κ1) is 11.5. The van der Waals surface area contributed by atoms with Gasteiger partial charge in [-0.3, -0.25) is 0 Å². The van der Waals surface area contributed by atoms with Gasteiger partial charge in [0.05, 0.1) is 18.5 Å². The molecule has 0 radical (unpaired) electrons. The molecule has 0 aromatic carbocycles. The van der Waals surface area contributed by atoms with Crippen LogP contribution in [-0.4, -0.2) is 11.5 Å². The van der Waals surface area contributed by atoms with Crippen molar-refractivity contribution in [3.8, 4) is 0 Å². The average molecular weight is 231 g/mol. The van der Waals surface area contributed by atoms with E-state index in [1.54, 1.807) is 6.26 Å². The lowest BCUT2D eigenvalue weighted by molar-refractivity contribution is 0.503. The normalized spacial score (nSPS) is 10.5. The first-order valence-corrected chi connectivity index (χ1v) is 5.70. The van der Waals surface area contributed by atoms with Crippen LogP contribution in [-0.2, 0) is 6.54 Å². The molecule has 4 nitrogen and oxygen atoms in total. The zero-order valence-corrected chi connectivity index (χ0v) is 10.2. The smallest absolute Gasteiger partial charge is 0.152 e. The van der Waals surface area contributed by atoms with Gasteiger partial charge in [0.1, 0.15) is 5.76 Å². The van der Waals surface area contributed by atoms with Crippen LogP contribution in [0.2, 0.25) is 0 Å². The second kappa shape index (κ2) is 4.91. The van der Waals surface area contributed by atoms with Crippen molar-refractivity contribution in [1.29, 1.82) is 0 Å². The Labute approximate surface area is 101 Å². The maximum Gasteiger partial charge on any atom is 0.152 e. The minimum atomic E-state index is 0.684. The molecule has 0 saturated carbocycles. The average Bonchev–Trinajstić information content (AvgIpc) is 2.79. The monoisotopic (exact) mass is 231 g/mol. The summed E-state index contributed by atoms with van der Waals surface area (Å²) in [4.78, 5) is 6.48. The Balaban J connectivity index is 2.23. The molecule has 2 aromatic rings. The van der Waals surface area contributed by atoms with E-state index in [4.69, 9.17) is 10.2 Å². The molecule has 0 aliphatic carbocycles. The van der Waals surface area contributed by atoms with Crippen molar-refractivity contribution in [3.63, 3.8) is 0 Å². The zero-order chi connectivity index (χ0) is 12.3. The van der Waals surface area contributed by atoms with Crippen LogP contribution in [0.25, 0.3) is 0 Å². The largest absolute Gasteiger partial charge is 0.467 e. The molecule has 17 heavy (non-hydrogen) atoms. The van der Waals surface area contributed by atoms with E-state index in [0.29, 0.717) is 12.2 Å². The Hall–Kier alpha value is -1.97. The third kappa shape index (κ3) is 2.58. The van der Waals surface area contributed by atoms with Crippen LogP contribution in [0.15, 0.2) is 35.1 Å². The lowest BCUT2D eigenvalue weighted by Crippen LogP contribution is -2.24. The maximum absolute atomic E-state index is 5.99. The highest BCUT2D eigenvalue weighted by Gasteiger charge is 2.11. The van der Waals surface area contributed by atoms with Crippen LogP contribution >= 0.6 is 0 Å². The van der Waals surface area contributed by atoms with E-state index in [9.17, 15) is 0 Å². The van der Waals surface area contributed by atoms with Crippen molar-refractivity contribution in [3.05, 3.63) is 42.0 Å². The third-order valence-corrected chi connectivity index (χ3v) is 2.64. The summed E-state index contributed by atoms with van der Waals surface area (Å²) in [6.07, 6.45) is 3.51. The summed E-state index contributed by atoms with van der Waals surface area (Å²) in [6.45, 7) is 5.57. The van der Waals surface area contributed by atoms with Crippen LogP contribution < -0.4 is 10.6 Å². The summed E-state index contributed by atoms with van der Waals surface area (Å²) in [7, 11) is 0. The van der Waals surface area contributed by atoms with E-state index in [0.717, 1.165) is 23.7 Å². The third-order valence-electron chi connectivity index (χ3n) is 2.64. The zero-order valence-electron chi connectivity index (χ0n) is 10.2. The highest BCUT2D eigenvalue weighted by molar-refractivity contribution is 5.63. The summed E-state index contributed by atoms with van der Waals surface area (Å²) < 4.78 is 5.34. The van der Waals surface area contributed by atoms with Gasteiger partial charge in [-0.05, 0) is 37.6 Å². The van der Waals surface area contributed by atoms with E-state index in [2.05, 4.69) is 16.8 Å². The fourth-order valence-corrected chi connectivity index (χ4v) is 1.78. The molecule has 0 aliphatic heterocycles. The van der Waals surface area contributed by atoms with Gasteiger partial charge < -0.3 is 15.1 Å².